The van der Waals surface area contributed by atoms with Crippen LogP contribution in [0, 0.1) is 6.92 Å². The molecule has 1 aromatic carbocycles. The lowest BCUT2D eigenvalue weighted by atomic mass is 10.2. The van der Waals surface area contributed by atoms with Gasteiger partial charge in [-0.05, 0) is 25.1 Å². The first-order valence-corrected chi connectivity index (χ1v) is 7.42. The third-order valence-electron chi connectivity index (χ3n) is 2.45. The van der Waals surface area contributed by atoms with E-state index in [9.17, 15) is 0 Å². The molecule has 6 heteroatoms. The number of ether oxygens (including phenoxy) is 1. The van der Waals surface area contributed by atoms with Crippen LogP contribution in [0.5, 0.6) is 5.75 Å². The summed E-state index contributed by atoms with van der Waals surface area (Å²) in [6.45, 7) is 1.90. The molecule has 0 aliphatic rings. The van der Waals surface area contributed by atoms with Gasteiger partial charge in [-0.1, -0.05) is 27.7 Å². The van der Waals surface area contributed by atoms with E-state index in [-0.39, 0.29) is 0 Å². The molecule has 0 fully saturated rings. The first-order valence-electron chi connectivity index (χ1n) is 5.65. The lowest BCUT2D eigenvalue weighted by Gasteiger charge is -2.08. The van der Waals surface area contributed by atoms with Crippen molar-refractivity contribution < 1.29 is 4.74 Å². The zero-order valence-electron chi connectivity index (χ0n) is 10.7. The summed E-state index contributed by atoms with van der Waals surface area (Å²) in [4.78, 5) is 8.55. The number of methoxy groups -OCH3 is 1. The second-order valence-electron chi connectivity index (χ2n) is 3.96. The van der Waals surface area contributed by atoms with Crippen LogP contribution in [-0.4, -0.2) is 17.1 Å². The van der Waals surface area contributed by atoms with E-state index in [1.54, 1.807) is 13.2 Å². The normalized spacial score (nSPS) is 10.5. The van der Waals surface area contributed by atoms with Gasteiger partial charge in [-0.2, -0.15) is 0 Å². The Kier molecular flexibility index (Phi) is 4.66. The predicted octanol–water partition coefficient (Wildman–Crippen LogP) is 3.43. The second-order valence-corrected chi connectivity index (χ2v) is 5.82. The quantitative estimate of drug-likeness (QED) is 0.682. The van der Waals surface area contributed by atoms with Crippen molar-refractivity contribution in [2.45, 2.75) is 17.8 Å². The first-order chi connectivity index (χ1) is 9.08. The molecule has 0 atom stereocenters. The van der Waals surface area contributed by atoms with E-state index in [2.05, 4.69) is 25.9 Å². The molecule has 2 aromatic rings. The Morgan fingerprint density at radius 2 is 2.11 bits per heavy atom. The summed E-state index contributed by atoms with van der Waals surface area (Å²) >= 11 is 5.00. The van der Waals surface area contributed by atoms with Crippen molar-refractivity contribution in [1.29, 1.82) is 0 Å². The molecule has 1 heterocycles. The van der Waals surface area contributed by atoms with E-state index in [1.807, 2.05) is 25.1 Å². The van der Waals surface area contributed by atoms with Crippen LogP contribution in [0.4, 0.5) is 5.82 Å². The number of halogens is 1. The molecule has 19 heavy (non-hydrogen) atoms. The van der Waals surface area contributed by atoms with E-state index >= 15 is 0 Å². The summed E-state index contributed by atoms with van der Waals surface area (Å²) in [6.07, 6.45) is 0. The molecule has 2 rings (SSSR count). The molecule has 1 aromatic heterocycles. The number of nitrogens with two attached hydrogens (primary N) is 1. The molecule has 0 spiro atoms. The van der Waals surface area contributed by atoms with Crippen LogP contribution < -0.4 is 10.5 Å². The van der Waals surface area contributed by atoms with Crippen LogP contribution in [0.2, 0.25) is 0 Å². The number of aryl methyl sites for hydroxylation is 1. The highest BCUT2D eigenvalue weighted by Crippen LogP contribution is 2.29. The topological polar surface area (TPSA) is 61.0 Å². The van der Waals surface area contributed by atoms with E-state index in [0.29, 0.717) is 11.0 Å². The average molecular weight is 340 g/mol. The van der Waals surface area contributed by atoms with Crippen molar-refractivity contribution in [2.75, 3.05) is 12.8 Å². The van der Waals surface area contributed by atoms with Crippen molar-refractivity contribution in [3.63, 3.8) is 0 Å². The minimum atomic E-state index is 0.496. The van der Waals surface area contributed by atoms with Crippen molar-refractivity contribution in [3.05, 3.63) is 40.0 Å². The number of aromatic nitrogens is 2. The number of hydrogen-bond donors (Lipinski definition) is 1. The van der Waals surface area contributed by atoms with Crippen LogP contribution in [0.1, 0.15) is 11.3 Å². The van der Waals surface area contributed by atoms with Crippen LogP contribution in [-0.2, 0) is 5.75 Å². The number of thioether (sulfide) groups is 1. The number of nitrogens with zero attached hydrogens (tertiary/aromatic N) is 2. The summed E-state index contributed by atoms with van der Waals surface area (Å²) in [5, 5.41) is 0.680. The minimum absolute atomic E-state index is 0.496. The molecule has 2 N–H and O–H groups in total. The van der Waals surface area contributed by atoms with Gasteiger partial charge in [0.1, 0.15) is 11.6 Å². The van der Waals surface area contributed by atoms with E-state index in [1.165, 1.54) is 11.8 Å². The zero-order chi connectivity index (χ0) is 13.8. The molecule has 0 unspecified atom stereocenters. The Morgan fingerprint density at radius 3 is 2.79 bits per heavy atom. The van der Waals surface area contributed by atoms with Gasteiger partial charge < -0.3 is 10.5 Å². The SMILES string of the molecule is COc1ccc(Br)cc1CSc1nc(C)cc(N)n1. The van der Waals surface area contributed by atoms with Crippen molar-refractivity contribution >= 4 is 33.5 Å². The van der Waals surface area contributed by atoms with Crippen LogP contribution >= 0.6 is 27.7 Å². The Bertz CT molecular complexity index is 572. The Labute approximate surface area is 124 Å². The van der Waals surface area contributed by atoms with Crippen molar-refractivity contribution in [1.82, 2.24) is 9.97 Å². The zero-order valence-corrected chi connectivity index (χ0v) is 13.1. The Balaban J connectivity index is 2.16. The summed E-state index contributed by atoms with van der Waals surface area (Å²) in [6, 6.07) is 7.67. The smallest absolute Gasteiger partial charge is 0.190 e. The van der Waals surface area contributed by atoms with Gasteiger partial charge in [-0.15, -0.1) is 0 Å². The van der Waals surface area contributed by atoms with Crippen LogP contribution in [0.3, 0.4) is 0 Å². The molecule has 0 amide bonds. The molecule has 0 saturated carbocycles. The van der Waals surface area contributed by atoms with Crippen LogP contribution in [0.25, 0.3) is 0 Å². The van der Waals surface area contributed by atoms with Gasteiger partial charge in [0, 0.05) is 27.5 Å². The molecular weight excluding hydrogens is 326 g/mol. The average Bonchev–Trinajstić information content (AvgIpc) is 2.35. The van der Waals surface area contributed by atoms with Gasteiger partial charge in [0.15, 0.2) is 5.16 Å². The van der Waals surface area contributed by atoms with E-state index in [4.69, 9.17) is 10.5 Å². The van der Waals surface area contributed by atoms with Gasteiger partial charge in [-0.25, -0.2) is 9.97 Å². The molecule has 0 saturated heterocycles. The van der Waals surface area contributed by atoms with Gasteiger partial charge in [0.05, 0.1) is 7.11 Å². The maximum absolute atomic E-state index is 5.71. The van der Waals surface area contributed by atoms with Crippen molar-refractivity contribution in [2.24, 2.45) is 0 Å². The number of anilines is 1. The monoisotopic (exact) mass is 339 g/mol. The third kappa shape index (κ3) is 3.84. The number of benzene rings is 1. The fourth-order valence-electron chi connectivity index (χ4n) is 1.63. The summed E-state index contributed by atoms with van der Waals surface area (Å²) in [5.41, 5.74) is 7.67. The highest BCUT2D eigenvalue weighted by Gasteiger charge is 2.07. The van der Waals surface area contributed by atoms with Gasteiger partial charge >= 0.3 is 0 Å². The summed E-state index contributed by atoms with van der Waals surface area (Å²) in [5.74, 6) is 2.08. The molecule has 100 valence electrons. The first kappa shape index (κ1) is 14.1. The standard InChI is InChI=1S/C13H14BrN3OS/c1-8-5-12(15)17-13(16-8)19-7-9-6-10(14)3-4-11(9)18-2/h3-6H,7H2,1-2H3,(H2,15,16,17). The number of nitrogen functional groups attached to an aromatic ring is 1. The highest BCUT2D eigenvalue weighted by atomic mass is 79.9. The minimum Gasteiger partial charge on any atom is -0.496 e. The Hall–Kier alpha value is -1.27. The maximum atomic E-state index is 5.71. The fourth-order valence-corrected chi connectivity index (χ4v) is 2.93. The molecular formula is C13H14BrN3OS. The van der Waals surface area contributed by atoms with Crippen LogP contribution in [0.15, 0.2) is 33.9 Å². The molecule has 0 bridgehead atoms. The number of hydrogen-bond acceptors (Lipinski definition) is 5. The van der Waals surface area contributed by atoms with Gasteiger partial charge in [0.25, 0.3) is 0 Å². The molecule has 4 nitrogen and oxygen atoms in total. The van der Waals surface area contributed by atoms with E-state index in [0.717, 1.165) is 27.2 Å². The molecule has 0 radical (unpaired) electrons. The van der Waals surface area contributed by atoms with Crippen molar-refractivity contribution in [3.8, 4) is 5.75 Å². The lowest BCUT2D eigenvalue weighted by molar-refractivity contribution is 0.411. The number of rotatable bonds is 4. The molecule has 0 aliphatic heterocycles. The fraction of sp³-hybridized carbons (Fsp3) is 0.231. The third-order valence-corrected chi connectivity index (χ3v) is 3.84. The highest BCUT2D eigenvalue weighted by molar-refractivity contribution is 9.10. The summed E-state index contributed by atoms with van der Waals surface area (Å²) in [7, 11) is 1.67. The second kappa shape index (κ2) is 6.25. The summed E-state index contributed by atoms with van der Waals surface area (Å²) < 4.78 is 6.36. The van der Waals surface area contributed by atoms with E-state index < -0.39 is 0 Å². The van der Waals surface area contributed by atoms with Gasteiger partial charge in [0.2, 0.25) is 0 Å². The Morgan fingerprint density at radius 1 is 1.32 bits per heavy atom. The predicted molar refractivity (Wildman–Crippen MR) is 81.4 cm³/mol. The maximum Gasteiger partial charge on any atom is 0.190 e. The largest absolute Gasteiger partial charge is 0.496 e. The lowest BCUT2D eigenvalue weighted by Crippen LogP contribution is -1.97. The molecule has 0 aliphatic carbocycles. The van der Waals surface area contributed by atoms with Gasteiger partial charge in [-0.3, -0.25) is 0 Å².